The maximum atomic E-state index is 4.19. The molecule has 54 valence electrons. The van der Waals surface area contributed by atoms with Crippen molar-refractivity contribution in [2.75, 3.05) is 0 Å². The van der Waals surface area contributed by atoms with E-state index in [2.05, 4.69) is 16.9 Å². The van der Waals surface area contributed by atoms with Gasteiger partial charge < -0.3 is 0 Å². The van der Waals surface area contributed by atoms with Crippen LogP contribution in [-0.2, 0) is 0 Å². The van der Waals surface area contributed by atoms with E-state index in [-0.39, 0.29) is 0 Å². The maximum absolute atomic E-state index is 4.19. The third-order valence-electron chi connectivity index (χ3n) is 1.71. The number of nitrogens with zero attached hydrogens (tertiary/aromatic N) is 2. The van der Waals surface area contributed by atoms with Crippen LogP contribution < -0.4 is 0 Å². The molecule has 0 N–H and O–H groups in total. The molecule has 10 heavy (non-hydrogen) atoms. The second-order valence-electron chi connectivity index (χ2n) is 2.54. The molecule has 1 unspecified atom stereocenters. The molecule has 1 rings (SSSR count). The molecule has 0 radical (unpaired) electrons. The lowest BCUT2D eigenvalue weighted by atomic mass is 10.0. The summed E-state index contributed by atoms with van der Waals surface area (Å²) in [4.78, 5) is 8.19. The monoisotopic (exact) mass is 136 g/mol. The number of hydrogen-bond donors (Lipinski definition) is 0. The predicted molar refractivity (Wildman–Crippen MR) is 44.5 cm³/mol. The van der Waals surface area contributed by atoms with E-state index in [1.54, 1.807) is 12.4 Å². The smallest absolute Gasteiger partial charge is 0.0450 e. The van der Waals surface area contributed by atoms with E-state index < -0.39 is 0 Å². The van der Waals surface area contributed by atoms with Gasteiger partial charge in [0.05, 0.1) is 0 Å². The molecule has 1 heterocycles. The fourth-order valence-electron chi connectivity index (χ4n) is 0.767. The van der Waals surface area contributed by atoms with Crippen LogP contribution in [-0.4, -0.2) is 11.9 Å². The van der Waals surface area contributed by atoms with Crippen molar-refractivity contribution in [3.05, 3.63) is 12.4 Å². The van der Waals surface area contributed by atoms with Crippen molar-refractivity contribution >= 4 is 11.9 Å². The van der Waals surface area contributed by atoms with Gasteiger partial charge in [0.2, 0.25) is 0 Å². The Bertz CT molecular complexity index is 189. The summed E-state index contributed by atoms with van der Waals surface area (Å²) in [7, 11) is 0. The Morgan fingerprint density at radius 1 is 1.50 bits per heavy atom. The average molecular weight is 136 g/mol. The van der Waals surface area contributed by atoms with Crippen molar-refractivity contribution in [3.63, 3.8) is 0 Å². The zero-order valence-corrected chi connectivity index (χ0v) is 6.41. The van der Waals surface area contributed by atoms with Gasteiger partial charge in [-0.15, -0.1) is 0 Å². The molecule has 0 aromatic rings. The average Bonchev–Trinajstić information content (AvgIpc) is 1.92. The third-order valence-corrected chi connectivity index (χ3v) is 1.71. The molecule has 2 nitrogen and oxygen atoms in total. The van der Waals surface area contributed by atoms with Crippen molar-refractivity contribution in [3.8, 4) is 0 Å². The van der Waals surface area contributed by atoms with Gasteiger partial charge in [0.25, 0.3) is 0 Å². The Hall–Kier alpha value is -0.920. The lowest BCUT2D eigenvalue weighted by molar-refractivity contribution is 0.818. The van der Waals surface area contributed by atoms with Gasteiger partial charge in [-0.2, -0.15) is 0 Å². The van der Waals surface area contributed by atoms with Crippen LogP contribution in [0.5, 0.6) is 0 Å². The molecule has 0 spiro atoms. The third kappa shape index (κ3) is 1.79. The van der Waals surface area contributed by atoms with E-state index >= 15 is 0 Å². The van der Waals surface area contributed by atoms with Crippen LogP contribution in [0.2, 0.25) is 0 Å². The highest BCUT2D eigenvalue weighted by Gasteiger charge is 2.02. The second-order valence-corrected chi connectivity index (χ2v) is 2.54. The molecule has 0 amide bonds. The van der Waals surface area contributed by atoms with Crippen LogP contribution in [0.3, 0.4) is 0 Å². The molecule has 1 atom stereocenters. The minimum atomic E-state index is 0.536. The van der Waals surface area contributed by atoms with Crippen LogP contribution in [0.4, 0.5) is 0 Å². The fraction of sp³-hybridized carbons (Fsp3) is 0.500. The zero-order valence-electron chi connectivity index (χ0n) is 6.41. The first kappa shape index (κ1) is 7.19. The molecule has 0 fully saturated rings. The summed E-state index contributed by atoms with van der Waals surface area (Å²) in [5, 5.41) is 0. The van der Waals surface area contributed by atoms with E-state index in [1.807, 2.05) is 13.1 Å². The Balaban J connectivity index is 2.73. The minimum absolute atomic E-state index is 0.536. The van der Waals surface area contributed by atoms with Crippen LogP contribution in [0, 0.1) is 5.92 Å². The summed E-state index contributed by atoms with van der Waals surface area (Å²) in [6, 6.07) is 0. The van der Waals surface area contributed by atoms with Gasteiger partial charge in [-0.1, -0.05) is 6.92 Å². The summed E-state index contributed by atoms with van der Waals surface area (Å²) < 4.78 is 0. The van der Waals surface area contributed by atoms with Crippen LogP contribution >= 0.6 is 0 Å². The van der Waals surface area contributed by atoms with Gasteiger partial charge in [-0.05, 0) is 19.3 Å². The number of hydrogen-bond acceptors (Lipinski definition) is 2. The molecule has 0 saturated heterocycles. The molecule has 0 aliphatic carbocycles. The zero-order chi connectivity index (χ0) is 7.40. The Morgan fingerprint density at radius 3 is 3.10 bits per heavy atom. The molecule has 2 heteroatoms. The van der Waals surface area contributed by atoms with Crippen molar-refractivity contribution in [1.82, 2.24) is 0 Å². The first-order chi connectivity index (χ1) is 4.80. The number of aliphatic imine (C=N–C) groups is 2. The van der Waals surface area contributed by atoms with E-state index in [1.165, 1.54) is 5.71 Å². The van der Waals surface area contributed by atoms with Crippen LogP contribution in [0.1, 0.15) is 20.3 Å². The minimum Gasteiger partial charge on any atom is -0.267 e. The molecule has 0 aromatic carbocycles. The summed E-state index contributed by atoms with van der Waals surface area (Å²) in [6.07, 6.45) is 6.38. The SMILES string of the molecule is C/C1=N/C=C\N=C\CC1C. The van der Waals surface area contributed by atoms with Crippen LogP contribution in [0.25, 0.3) is 0 Å². The fourth-order valence-corrected chi connectivity index (χ4v) is 0.767. The van der Waals surface area contributed by atoms with Gasteiger partial charge in [0.1, 0.15) is 0 Å². The largest absolute Gasteiger partial charge is 0.267 e. The molecule has 0 aromatic heterocycles. The first-order valence-corrected chi connectivity index (χ1v) is 3.51. The van der Waals surface area contributed by atoms with Gasteiger partial charge in [0, 0.05) is 24.3 Å². The molecule has 0 saturated carbocycles. The van der Waals surface area contributed by atoms with Gasteiger partial charge >= 0.3 is 0 Å². The molecular formula is C8H12N2. The Morgan fingerprint density at radius 2 is 2.30 bits per heavy atom. The van der Waals surface area contributed by atoms with Gasteiger partial charge in [-0.3, -0.25) is 9.98 Å². The van der Waals surface area contributed by atoms with Crippen molar-refractivity contribution in [2.45, 2.75) is 20.3 Å². The molecular weight excluding hydrogens is 124 g/mol. The Labute approximate surface area is 61.4 Å². The number of rotatable bonds is 0. The normalized spacial score (nSPS) is 37.0. The standard InChI is InChI=1S/C8H12N2/c1-7-3-4-9-5-6-10-8(7)2/h4-7H,3H2,1-2H3/b6-5-,9-4+,10-8-. The quantitative estimate of drug-likeness (QED) is 0.487. The summed E-state index contributed by atoms with van der Waals surface area (Å²) >= 11 is 0. The van der Waals surface area contributed by atoms with E-state index in [4.69, 9.17) is 0 Å². The van der Waals surface area contributed by atoms with Crippen molar-refractivity contribution in [2.24, 2.45) is 15.9 Å². The Kier molecular flexibility index (Phi) is 2.37. The van der Waals surface area contributed by atoms with Crippen molar-refractivity contribution < 1.29 is 0 Å². The van der Waals surface area contributed by atoms with E-state index in [0.717, 1.165) is 6.42 Å². The maximum Gasteiger partial charge on any atom is 0.0450 e. The van der Waals surface area contributed by atoms with E-state index in [9.17, 15) is 0 Å². The van der Waals surface area contributed by atoms with Crippen LogP contribution in [0.15, 0.2) is 22.4 Å². The summed E-state index contributed by atoms with van der Waals surface area (Å²) in [5.74, 6) is 0.536. The highest BCUT2D eigenvalue weighted by molar-refractivity contribution is 5.87. The highest BCUT2D eigenvalue weighted by atomic mass is 14.8. The second kappa shape index (κ2) is 3.30. The molecule has 0 bridgehead atoms. The van der Waals surface area contributed by atoms with Gasteiger partial charge in [0.15, 0.2) is 0 Å². The summed E-state index contributed by atoms with van der Waals surface area (Å²) in [5.41, 5.74) is 1.18. The van der Waals surface area contributed by atoms with Gasteiger partial charge in [-0.25, -0.2) is 0 Å². The lowest BCUT2D eigenvalue weighted by Crippen LogP contribution is -2.07. The molecule has 1 aliphatic heterocycles. The highest BCUT2D eigenvalue weighted by Crippen LogP contribution is 2.04. The first-order valence-electron chi connectivity index (χ1n) is 3.51. The predicted octanol–water partition coefficient (Wildman–Crippen LogP) is 2.03. The lowest BCUT2D eigenvalue weighted by Gasteiger charge is -2.06. The van der Waals surface area contributed by atoms with Crippen molar-refractivity contribution in [1.29, 1.82) is 0 Å². The summed E-state index contributed by atoms with van der Waals surface area (Å²) in [6.45, 7) is 4.21. The topological polar surface area (TPSA) is 24.7 Å². The molecule has 1 aliphatic rings. The van der Waals surface area contributed by atoms with E-state index in [0.29, 0.717) is 5.92 Å².